The Labute approximate surface area is 115 Å². The molecule has 0 unspecified atom stereocenters. The molecule has 0 N–H and O–H groups in total. The number of hydrogen-bond acceptors (Lipinski definition) is 1. The summed E-state index contributed by atoms with van der Waals surface area (Å²) >= 11 is 0.219. The molecule has 81 valence electrons. The van der Waals surface area contributed by atoms with Gasteiger partial charge in [0, 0.05) is 0 Å². The van der Waals surface area contributed by atoms with Crippen LogP contribution in [0.25, 0.3) is 0 Å². The van der Waals surface area contributed by atoms with Gasteiger partial charge in [0.1, 0.15) is 0 Å². The van der Waals surface area contributed by atoms with Gasteiger partial charge in [0.15, 0.2) is 0 Å². The molecule has 1 nitrogen and oxygen atoms in total. The van der Waals surface area contributed by atoms with Crippen molar-refractivity contribution in [3.63, 3.8) is 0 Å². The van der Waals surface area contributed by atoms with Gasteiger partial charge in [-0.25, -0.2) is 0 Å². The molecular formula is C9H15Cl3NTi. The van der Waals surface area contributed by atoms with Crippen LogP contribution in [0.5, 0.6) is 0 Å². The minimum Gasteiger partial charge on any atom is -1.00 e. The van der Waals surface area contributed by atoms with Crippen LogP contribution in [0, 0.1) is 0 Å². The van der Waals surface area contributed by atoms with E-state index in [4.69, 9.17) is 0 Å². The third-order valence-electron chi connectivity index (χ3n) is 1.68. The van der Waals surface area contributed by atoms with Crippen molar-refractivity contribution in [3.05, 3.63) is 22.1 Å². The van der Waals surface area contributed by atoms with Crippen LogP contribution in [0.15, 0.2) is 22.1 Å². The maximum atomic E-state index is 2.30. The molecule has 0 aliphatic heterocycles. The van der Waals surface area contributed by atoms with Crippen molar-refractivity contribution in [2.24, 2.45) is 0 Å². The molecule has 0 saturated heterocycles. The molecule has 0 fully saturated rings. The molecule has 14 heavy (non-hydrogen) atoms. The van der Waals surface area contributed by atoms with Gasteiger partial charge in [0.05, 0.1) is 0 Å². The van der Waals surface area contributed by atoms with Crippen molar-refractivity contribution in [1.29, 1.82) is 0 Å². The van der Waals surface area contributed by atoms with Gasteiger partial charge < -0.3 is 37.2 Å². The molecule has 0 bridgehead atoms. The van der Waals surface area contributed by atoms with E-state index < -0.39 is 0 Å². The number of halogens is 3. The normalized spacial score (nSPS) is 12.1. The Balaban J connectivity index is -0.000000403. The van der Waals surface area contributed by atoms with E-state index in [0.29, 0.717) is 0 Å². The molecule has 0 atom stereocenters. The van der Waals surface area contributed by atoms with Crippen molar-refractivity contribution in [2.45, 2.75) is 11.1 Å². The predicted molar refractivity (Wildman–Crippen MR) is 45.2 cm³/mol. The zero-order chi connectivity index (χ0) is 8.10. The molecule has 0 aromatic rings. The SMILES string of the molecule is CN(C)C[CH2][Ti+3][C]1=CC=CC1.[Cl-].[Cl-].[Cl-]. The maximum Gasteiger partial charge on any atom is -1.00 e. The molecule has 1 aliphatic rings. The second-order valence-corrected chi connectivity index (χ2v) is 5.39. The molecule has 0 aromatic heterocycles. The molecule has 5 heteroatoms. The first kappa shape index (κ1) is 20.4. The van der Waals surface area contributed by atoms with Crippen LogP contribution in [0.4, 0.5) is 0 Å². The quantitative estimate of drug-likeness (QED) is 0.465. The number of hydrogen-bond donors (Lipinski definition) is 0. The van der Waals surface area contributed by atoms with E-state index >= 15 is 0 Å². The summed E-state index contributed by atoms with van der Waals surface area (Å²) in [6.07, 6.45) is 7.99. The Morgan fingerprint density at radius 3 is 2.36 bits per heavy atom. The van der Waals surface area contributed by atoms with Crippen molar-refractivity contribution in [1.82, 2.24) is 4.90 Å². The van der Waals surface area contributed by atoms with Crippen molar-refractivity contribution in [3.8, 4) is 0 Å². The van der Waals surface area contributed by atoms with Gasteiger partial charge in [-0.3, -0.25) is 0 Å². The Kier molecular flexibility index (Phi) is 17.7. The first-order chi connectivity index (χ1) is 5.29. The van der Waals surface area contributed by atoms with E-state index in [9.17, 15) is 0 Å². The second-order valence-electron chi connectivity index (χ2n) is 3.05. The zero-order valence-electron chi connectivity index (χ0n) is 8.43. The van der Waals surface area contributed by atoms with Crippen LogP contribution in [-0.2, 0) is 19.2 Å². The van der Waals surface area contributed by atoms with Crippen LogP contribution in [0.3, 0.4) is 0 Å². The summed E-state index contributed by atoms with van der Waals surface area (Å²) in [5.74, 6) is 0. The van der Waals surface area contributed by atoms with Gasteiger partial charge in [0.2, 0.25) is 0 Å². The Bertz CT molecular complexity index is 181. The molecule has 0 radical (unpaired) electrons. The van der Waals surface area contributed by atoms with Crippen molar-refractivity contribution < 1.29 is 56.4 Å². The summed E-state index contributed by atoms with van der Waals surface area (Å²) in [6, 6.07) is 0. The summed E-state index contributed by atoms with van der Waals surface area (Å²) in [7, 11) is 4.29. The first-order valence-corrected chi connectivity index (χ1v) is 5.92. The minimum absolute atomic E-state index is 0. The fraction of sp³-hybridized carbons (Fsp3) is 0.556. The zero-order valence-corrected chi connectivity index (χ0v) is 12.3. The van der Waals surface area contributed by atoms with E-state index in [1.165, 1.54) is 17.7 Å². The number of nitrogens with zero attached hydrogens (tertiary/aromatic N) is 1. The van der Waals surface area contributed by atoms with Crippen LogP contribution >= 0.6 is 0 Å². The topological polar surface area (TPSA) is 3.24 Å². The number of allylic oxidation sites excluding steroid dienone is 4. The summed E-state index contributed by atoms with van der Waals surface area (Å²) in [5.41, 5.74) is 0. The molecule has 1 rings (SSSR count). The fourth-order valence-corrected chi connectivity index (χ4v) is 3.14. The van der Waals surface area contributed by atoms with E-state index in [2.05, 4.69) is 37.2 Å². The van der Waals surface area contributed by atoms with Crippen LogP contribution < -0.4 is 37.2 Å². The molecule has 0 aromatic carbocycles. The monoisotopic (exact) mass is 290 g/mol. The summed E-state index contributed by atoms with van der Waals surface area (Å²) in [5, 5.41) is 0. The Morgan fingerprint density at radius 1 is 1.29 bits per heavy atom. The van der Waals surface area contributed by atoms with Crippen LogP contribution in [0.1, 0.15) is 6.42 Å². The smallest absolute Gasteiger partial charge is 1.00 e. The molecule has 0 heterocycles. The third-order valence-corrected chi connectivity index (χ3v) is 3.71. The molecular weight excluding hydrogens is 276 g/mol. The average Bonchev–Trinajstić information content (AvgIpc) is 2.39. The number of rotatable bonds is 4. The van der Waals surface area contributed by atoms with Gasteiger partial charge in [-0.05, 0) is 0 Å². The standard InChI is InChI=1S/C5H5.C4H10N.3ClH.Ti/c1-2-4-5-3-1;1-4-5(2)3;;;;/h1-3H,4H2;1,4H2,2-3H3;3*1H;/q;;;;;+3/p-3. The van der Waals surface area contributed by atoms with E-state index in [1.807, 2.05) is 0 Å². The molecule has 0 spiro atoms. The van der Waals surface area contributed by atoms with Gasteiger partial charge in [-0.15, -0.1) is 0 Å². The Morgan fingerprint density at radius 2 is 1.93 bits per heavy atom. The summed E-state index contributed by atoms with van der Waals surface area (Å²) in [6.45, 7) is 1.26. The molecule has 1 aliphatic carbocycles. The van der Waals surface area contributed by atoms with Crippen molar-refractivity contribution in [2.75, 3.05) is 20.6 Å². The predicted octanol–water partition coefficient (Wildman–Crippen LogP) is -7.10. The van der Waals surface area contributed by atoms with Crippen molar-refractivity contribution >= 4 is 0 Å². The fourth-order valence-electron chi connectivity index (χ4n) is 1.02. The minimum atomic E-state index is 0. The van der Waals surface area contributed by atoms with E-state index in [-0.39, 0.29) is 56.4 Å². The largest absolute Gasteiger partial charge is 1.00 e. The van der Waals surface area contributed by atoms with E-state index in [0.717, 1.165) is 0 Å². The van der Waals surface area contributed by atoms with Gasteiger partial charge in [0.25, 0.3) is 0 Å². The summed E-state index contributed by atoms with van der Waals surface area (Å²) < 4.78 is 3.13. The average molecular weight is 291 g/mol. The van der Waals surface area contributed by atoms with Crippen LogP contribution in [-0.4, -0.2) is 25.5 Å². The van der Waals surface area contributed by atoms with Gasteiger partial charge in [-0.2, -0.15) is 0 Å². The first-order valence-electron chi connectivity index (χ1n) is 4.03. The second kappa shape index (κ2) is 12.1. The molecule has 0 saturated carbocycles. The van der Waals surface area contributed by atoms with E-state index in [1.54, 1.807) is 3.88 Å². The Hall–Kier alpha value is 1.02. The maximum absolute atomic E-state index is 2.30. The summed E-state index contributed by atoms with van der Waals surface area (Å²) in [4.78, 5) is 2.27. The van der Waals surface area contributed by atoms with Gasteiger partial charge >= 0.3 is 77.9 Å². The van der Waals surface area contributed by atoms with Crippen LogP contribution in [0.2, 0.25) is 4.73 Å². The molecule has 0 amide bonds. The third kappa shape index (κ3) is 9.57. The van der Waals surface area contributed by atoms with Gasteiger partial charge in [-0.1, -0.05) is 0 Å².